The Morgan fingerprint density at radius 1 is 0.970 bits per heavy atom. The molecule has 0 aliphatic carbocycles. The molecule has 0 bridgehead atoms. The van der Waals surface area contributed by atoms with Crippen molar-refractivity contribution in [1.29, 1.82) is 0 Å². The van der Waals surface area contributed by atoms with Crippen LogP contribution < -0.4 is 21.7 Å². The highest BCUT2D eigenvalue weighted by atomic mass is 16.4. The number of aromatic amines is 2. The highest BCUT2D eigenvalue weighted by molar-refractivity contribution is 5.92. The summed E-state index contributed by atoms with van der Waals surface area (Å²) >= 11 is 0. The minimum absolute atomic E-state index is 0.00920. The van der Waals surface area contributed by atoms with Crippen molar-refractivity contribution in [3.8, 4) is 0 Å². The number of H-pyrrole nitrogens is 2. The van der Waals surface area contributed by atoms with Crippen molar-refractivity contribution in [2.75, 3.05) is 6.54 Å². The predicted octanol–water partition coefficient (Wildman–Crippen LogP) is -1.54. The number of nitrogens with zero attached hydrogens (tertiary/aromatic N) is 2. The lowest BCUT2D eigenvalue weighted by Crippen LogP contribution is -2.54. The van der Waals surface area contributed by atoms with Crippen molar-refractivity contribution in [3.63, 3.8) is 0 Å². The third-order valence-corrected chi connectivity index (χ3v) is 4.71. The first-order valence-electron chi connectivity index (χ1n) is 10.5. The van der Waals surface area contributed by atoms with Crippen molar-refractivity contribution < 1.29 is 24.3 Å². The molecule has 2 aromatic heterocycles. The summed E-state index contributed by atoms with van der Waals surface area (Å²) in [7, 11) is 0. The summed E-state index contributed by atoms with van der Waals surface area (Å²) in [5, 5.41) is 16.8. The third kappa shape index (κ3) is 8.73. The number of nitrogens with one attached hydrogen (secondary N) is 5. The van der Waals surface area contributed by atoms with Crippen LogP contribution in [0.4, 0.5) is 0 Å². The van der Waals surface area contributed by atoms with Crippen LogP contribution in [0.3, 0.4) is 0 Å². The quantitative estimate of drug-likeness (QED) is 0.185. The molecule has 2 aromatic rings. The van der Waals surface area contributed by atoms with Gasteiger partial charge in [-0.05, 0) is 12.3 Å². The minimum Gasteiger partial charge on any atom is -0.480 e. The van der Waals surface area contributed by atoms with Crippen molar-refractivity contribution in [2.24, 2.45) is 11.7 Å². The maximum Gasteiger partial charge on any atom is 0.326 e. The number of rotatable bonds is 13. The zero-order valence-electron chi connectivity index (χ0n) is 18.5. The van der Waals surface area contributed by atoms with Gasteiger partial charge in [-0.25, -0.2) is 14.8 Å². The van der Waals surface area contributed by atoms with Crippen LogP contribution in [0.15, 0.2) is 25.0 Å². The average molecular weight is 463 g/mol. The van der Waals surface area contributed by atoms with Crippen molar-refractivity contribution in [3.05, 3.63) is 36.4 Å². The molecule has 0 spiro atoms. The minimum atomic E-state index is -1.22. The van der Waals surface area contributed by atoms with Gasteiger partial charge in [0, 0.05) is 36.6 Å². The van der Waals surface area contributed by atoms with Crippen LogP contribution in [0.25, 0.3) is 0 Å². The van der Waals surface area contributed by atoms with E-state index in [0.717, 1.165) is 0 Å². The Hall–Kier alpha value is -3.74. The Bertz CT molecular complexity index is 913. The second kappa shape index (κ2) is 12.3. The highest BCUT2D eigenvalue weighted by Gasteiger charge is 2.26. The molecule has 8 N–H and O–H groups in total. The van der Waals surface area contributed by atoms with E-state index in [2.05, 4.69) is 35.9 Å². The van der Waals surface area contributed by atoms with Gasteiger partial charge in [0.1, 0.15) is 12.1 Å². The van der Waals surface area contributed by atoms with Crippen LogP contribution >= 0.6 is 0 Å². The summed E-state index contributed by atoms with van der Waals surface area (Å²) < 4.78 is 0. The van der Waals surface area contributed by atoms with Gasteiger partial charge < -0.3 is 36.8 Å². The number of carbonyl (C=O) groups excluding carboxylic acids is 3. The smallest absolute Gasteiger partial charge is 0.326 e. The number of nitrogens with two attached hydrogens (primary N) is 1. The van der Waals surface area contributed by atoms with Gasteiger partial charge >= 0.3 is 5.97 Å². The van der Waals surface area contributed by atoms with E-state index in [1.165, 1.54) is 18.9 Å². The van der Waals surface area contributed by atoms with E-state index in [1.54, 1.807) is 6.20 Å². The lowest BCUT2D eigenvalue weighted by atomic mass is 10.0. The predicted molar refractivity (Wildman–Crippen MR) is 117 cm³/mol. The SMILES string of the molecule is CC(C)C[C@H](NC(=O)[C@@H](N)Cc1cnc[nH]1)C(=O)NCC(=O)N[C@@H](Cc1cnc[nH]1)C(=O)O. The molecule has 0 radical (unpaired) electrons. The van der Waals surface area contributed by atoms with Crippen LogP contribution in [-0.4, -0.2) is 73.4 Å². The summed E-state index contributed by atoms with van der Waals surface area (Å²) in [5.74, 6) is -2.91. The molecule has 2 rings (SSSR count). The molecule has 33 heavy (non-hydrogen) atoms. The van der Waals surface area contributed by atoms with Gasteiger partial charge in [0.25, 0.3) is 0 Å². The van der Waals surface area contributed by atoms with Gasteiger partial charge in [-0.2, -0.15) is 0 Å². The summed E-state index contributed by atoms with van der Waals surface area (Å²) in [6, 6.07) is -2.99. The molecule has 2 heterocycles. The van der Waals surface area contributed by atoms with E-state index in [0.29, 0.717) is 17.8 Å². The second-order valence-corrected chi connectivity index (χ2v) is 8.04. The second-order valence-electron chi connectivity index (χ2n) is 8.04. The molecule has 0 aliphatic rings. The monoisotopic (exact) mass is 462 g/mol. The zero-order chi connectivity index (χ0) is 24.4. The molecular formula is C20H30N8O5. The molecule has 180 valence electrons. The van der Waals surface area contributed by atoms with Gasteiger partial charge in [-0.3, -0.25) is 14.4 Å². The fourth-order valence-corrected chi connectivity index (χ4v) is 3.06. The maximum absolute atomic E-state index is 12.6. The molecule has 0 saturated heterocycles. The standard InChI is InChI=1S/C20H30N8O5/c1-11(2)3-15(28-18(30)14(21)4-12-6-22-9-25-12)19(31)24-8-17(29)27-16(20(32)33)5-13-7-23-10-26-13/h6-7,9-11,14-16H,3-5,8,21H2,1-2H3,(H,22,25)(H,23,26)(H,24,31)(H,27,29)(H,28,30)(H,32,33)/t14-,15-,16-/m0/s1. The maximum atomic E-state index is 12.6. The number of aromatic nitrogens is 4. The number of carboxylic acids is 1. The first-order valence-corrected chi connectivity index (χ1v) is 10.5. The Labute approximate surface area is 190 Å². The normalized spacial score (nSPS) is 13.7. The fourth-order valence-electron chi connectivity index (χ4n) is 3.06. The Kier molecular flexibility index (Phi) is 9.54. The molecule has 0 aliphatic heterocycles. The van der Waals surface area contributed by atoms with Crippen LogP contribution in [0, 0.1) is 5.92 Å². The Morgan fingerprint density at radius 2 is 1.58 bits per heavy atom. The Morgan fingerprint density at radius 3 is 2.09 bits per heavy atom. The van der Waals surface area contributed by atoms with Gasteiger partial charge in [0.05, 0.1) is 25.2 Å². The number of hydrogen-bond donors (Lipinski definition) is 7. The lowest BCUT2D eigenvalue weighted by Gasteiger charge is -2.22. The molecule has 0 unspecified atom stereocenters. The van der Waals surface area contributed by atoms with E-state index >= 15 is 0 Å². The first-order chi connectivity index (χ1) is 15.7. The van der Waals surface area contributed by atoms with Crippen molar-refractivity contribution in [1.82, 2.24) is 35.9 Å². The number of hydrogen-bond acceptors (Lipinski definition) is 7. The van der Waals surface area contributed by atoms with E-state index < -0.39 is 48.4 Å². The summed E-state index contributed by atoms with van der Waals surface area (Å²) in [4.78, 5) is 62.1. The largest absolute Gasteiger partial charge is 0.480 e. The van der Waals surface area contributed by atoms with Gasteiger partial charge in [-0.1, -0.05) is 13.8 Å². The molecule has 0 aromatic carbocycles. The van der Waals surface area contributed by atoms with E-state index in [9.17, 15) is 24.3 Å². The fraction of sp³-hybridized carbons (Fsp3) is 0.500. The lowest BCUT2D eigenvalue weighted by molar-refractivity contribution is -0.141. The molecule has 3 atom stereocenters. The average Bonchev–Trinajstić information content (AvgIpc) is 3.44. The van der Waals surface area contributed by atoms with E-state index in [4.69, 9.17) is 5.73 Å². The molecule has 3 amide bonds. The van der Waals surface area contributed by atoms with Crippen molar-refractivity contribution in [2.45, 2.75) is 51.2 Å². The zero-order valence-corrected chi connectivity index (χ0v) is 18.5. The first kappa shape index (κ1) is 25.5. The van der Waals surface area contributed by atoms with E-state index in [1.807, 2.05) is 13.8 Å². The molecular weight excluding hydrogens is 432 g/mol. The number of aliphatic carboxylic acids is 1. The summed E-state index contributed by atoms with van der Waals surface area (Å²) in [6.07, 6.45) is 6.45. The molecule has 0 fully saturated rings. The van der Waals surface area contributed by atoms with Gasteiger partial charge in [-0.15, -0.1) is 0 Å². The topological polar surface area (TPSA) is 208 Å². The molecule has 13 heteroatoms. The highest BCUT2D eigenvalue weighted by Crippen LogP contribution is 2.06. The van der Waals surface area contributed by atoms with Gasteiger partial charge in [0.2, 0.25) is 17.7 Å². The van der Waals surface area contributed by atoms with Crippen LogP contribution in [0.2, 0.25) is 0 Å². The third-order valence-electron chi connectivity index (χ3n) is 4.71. The summed E-state index contributed by atoms with van der Waals surface area (Å²) in [5.41, 5.74) is 7.15. The molecule has 13 nitrogen and oxygen atoms in total. The van der Waals surface area contributed by atoms with E-state index in [-0.39, 0.29) is 18.8 Å². The van der Waals surface area contributed by atoms with Crippen LogP contribution in [-0.2, 0) is 32.0 Å². The Balaban J connectivity index is 1.89. The molecule has 0 saturated carbocycles. The van der Waals surface area contributed by atoms with Crippen LogP contribution in [0.5, 0.6) is 0 Å². The van der Waals surface area contributed by atoms with Crippen molar-refractivity contribution >= 4 is 23.7 Å². The number of imidazole rings is 2. The summed E-state index contributed by atoms with van der Waals surface area (Å²) in [6.45, 7) is 3.32. The number of carboxylic acid groups (broad SMARTS) is 1. The number of carbonyl (C=O) groups is 4. The van der Waals surface area contributed by atoms with Gasteiger partial charge in [0.15, 0.2) is 0 Å². The number of amides is 3. The van der Waals surface area contributed by atoms with Crippen LogP contribution in [0.1, 0.15) is 31.7 Å².